The normalized spacial score (nSPS) is 23.6. The van der Waals surface area contributed by atoms with Gasteiger partial charge in [0.15, 0.2) is 5.16 Å². The average molecular weight is 396 g/mol. The van der Waals surface area contributed by atoms with E-state index in [0.717, 1.165) is 17.0 Å². The minimum Gasteiger partial charge on any atom is -0.479 e. The molecule has 0 aromatic carbocycles. The molecule has 150 valence electrons. The number of carbonyl (C=O) groups excluding carboxylic acids is 1. The molecule has 1 aromatic rings. The van der Waals surface area contributed by atoms with Crippen LogP contribution < -0.4 is 5.32 Å². The van der Waals surface area contributed by atoms with Gasteiger partial charge in [0.1, 0.15) is 5.54 Å². The zero-order chi connectivity index (χ0) is 20.4. The van der Waals surface area contributed by atoms with Gasteiger partial charge in [-0.15, -0.1) is 0 Å². The fraction of sp³-hybridized carbons (Fsp3) is 0.684. The first-order valence-corrected chi connectivity index (χ1v) is 10.4. The van der Waals surface area contributed by atoms with Crippen molar-refractivity contribution in [2.24, 2.45) is 5.41 Å². The molecular weight excluding hydrogens is 366 g/mol. The van der Waals surface area contributed by atoms with E-state index in [0.29, 0.717) is 18.2 Å². The maximum atomic E-state index is 12.6. The molecule has 1 aliphatic carbocycles. The Hall–Kier alpha value is -1.67. The van der Waals surface area contributed by atoms with E-state index in [1.165, 1.54) is 11.8 Å². The van der Waals surface area contributed by atoms with Crippen molar-refractivity contribution in [3.05, 3.63) is 17.0 Å². The van der Waals surface area contributed by atoms with Crippen molar-refractivity contribution in [2.75, 3.05) is 12.9 Å². The van der Waals surface area contributed by atoms with Crippen LogP contribution >= 0.6 is 11.8 Å². The Balaban J connectivity index is 2.08. The van der Waals surface area contributed by atoms with Crippen molar-refractivity contribution < 1.29 is 19.4 Å². The van der Waals surface area contributed by atoms with Gasteiger partial charge in [0.2, 0.25) is 5.91 Å². The lowest BCUT2D eigenvalue weighted by Crippen LogP contribution is -2.76. The lowest BCUT2D eigenvalue weighted by Gasteiger charge is -2.58. The lowest BCUT2D eigenvalue weighted by atomic mass is 9.54. The Morgan fingerprint density at radius 2 is 1.89 bits per heavy atom. The van der Waals surface area contributed by atoms with E-state index in [-0.39, 0.29) is 24.9 Å². The van der Waals surface area contributed by atoms with Crippen LogP contribution in [0, 0.1) is 19.3 Å². The molecule has 1 fully saturated rings. The number of nitrogens with one attached hydrogen (secondary N) is 1. The summed E-state index contributed by atoms with van der Waals surface area (Å²) in [6, 6.07) is 0. The maximum Gasteiger partial charge on any atom is 0.330 e. The Morgan fingerprint density at radius 3 is 2.33 bits per heavy atom. The summed E-state index contributed by atoms with van der Waals surface area (Å²) in [6.45, 7) is 9.86. The van der Waals surface area contributed by atoms with Gasteiger partial charge in [-0.25, -0.2) is 14.8 Å². The number of carboxylic acid groups (broad SMARTS) is 1. The topological polar surface area (TPSA) is 101 Å². The molecule has 7 nitrogen and oxygen atoms in total. The second-order valence-corrected chi connectivity index (χ2v) is 8.26. The fourth-order valence-corrected chi connectivity index (χ4v) is 4.19. The highest BCUT2D eigenvalue weighted by molar-refractivity contribution is 7.98. The second kappa shape index (κ2) is 8.14. The van der Waals surface area contributed by atoms with Gasteiger partial charge < -0.3 is 15.2 Å². The van der Waals surface area contributed by atoms with Gasteiger partial charge in [-0.1, -0.05) is 25.6 Å². The molecule has 2 atom stereocenters. The summed E-state index contributed by atoms with van der Waals surface area (Å²) in [4.78, 5) is 33.4. The van der Waals surface area contributed by atoms with Crippen LogP contribution in [0.3, 0.4) is 0 Å². The van der Waals surface area contributed by atoms with Crippen LogP contribution in [0.25, 0.3) is 0 Å². The Bertz CT molecular complexity index is 715. The van der Waals surface area contributed by atoms with Gasteiger partial charge in [0.05, 0.1) is 6.10 Å². The third kappa shape index (κ3) is 3.96. The summed E-state index contributed by atoms with van der Waals surface area (Å²) in [5.41, 5.74) is 0.667. The smallest absolute Gasteiger partial charge is 0.330 e. The number of carbonyl (C=O) groups is 2. The number of hydrogen-bond donors (Lipinski definition) is 2. The largest absolute Gasteiger partial charge is 0.479 e. The molecule has 0 aliphatic heterocycles. The van der Waals surface area contributed by atoms with Gasteiger partial charge in [-0.05, 0) is 39.0 Å². The lowest BCUT2D eigenvalue weighted by molar-refractivity contribution is -0.194. The van der Waals surface area contributed by atoms with Gasteiger partial charge in [0.25, 0.3) is 0 Å². The highest BCUT2D eigenvalue weighted by Gasteiger charge is 2.66. The zero-order valence-corrected chi connectivity index (χ0v) is 17.7. The van der Waals surface area contributed by atoms with Crippen molar-refractivity contribution in [3.63, 3.8) is 0 Å². The van der Waals surface area contributed by atoms with Crippen molar-refractivity contribution in [1.29, 1.82) is 0 Å². The minimum absolute atomic E-state index is 0.184. The molecule has 0 saturated heterocycles. The second-order valence-electron chi connectivity index (χ2n) is 7.49. The number of aliphatic carboxylic acids is 1. The molecule has 1 heterocycles. The van der Waals surface area contributed by atoms with Gasteiger partial charge >= 0.3 is 5.97 Å². The van der Waals surface area contributed by atoms with Crippen LogP contribution in [-0.2, 0) is 20.7 Å². The number of carboxylic acids is 1. The predicted octanol–water partition coefficient (Wildman–Crippen LogP) is 2.52. The van der Waals surface area contributed by atoms with E-state index in [4.69, 9.17) is 4.74 Å². The molecule has 8 heteroatoms. The van der Waals surface area contributed by atoms with E-state index in [1.54, 1.807) is 0 Å². The fourth-order valence-electron chi connectivity index (χ4n) is 3.74. The summed E-state index contributed by atoms with van der Waals surface area (Å²) in [5.74, 6) is -1.30. The number of rotatable bonds is 8. The monoisotopic (exact) mass is 395 g/mol. The standard InChI is InChI=1S/C19H29N3O4S/c1-7-26-14-10-19(16(24)25,18(14,4)5)22-15(23)9-8-13-11(2)20-17(27-6)21-12(13)3/h14H,7-10H2,1-6H3,(H,22,23)(H,24,25). The SMILES string of the molecule is CCOC1CC(NC(=O)CCc2c(C)nc(SC)nc2C)(C(=O)O)C1(C)C. The predicted molar refractivity (Wildman–Crippen MR) is 104 cm³/mol. The van der Waals surface area contributed by atoms with Crippen LogP contribution in [-0.4, -0.2) is 51.5 Å². The molecule has 1 amide bonds. The summed E-state index contributed by atoms with van der Waals surface area (Å²) >= 11 is 1.48. The Kier molecular flexibility index (Phi) is 6.52. The molecule has 0 radical (unpaired) electrons. The number of hydrogen-bond acceptors (Lipinski definition) is 6. The van der Waals surface area contributed by atoms with Crippen LogP contribution in [0.5, 0.6) is 0 Å². The first kappa shape index (κ1) is 21.6. The quantitative estimate of drug-likeness (QED) is 0.515. The molecule has 1 saturated carbocycles. The number of ether oxygens (including phenoxy) is 1. The Morgan fingerprint density at radius 1 is 1.30 bits per heavy atom. The van der Waals surface area contributed by atoms with Crippen molar-refractivity contribution in [3.8, 4) is 0 Å². The first-order valence-electron chi connectivity index (χ1n) is 9.13. The van der Waals surface area contributed by atoms with E-state index in [2.05, 4.69) is 15.3 Å². The number of aryl methyl sites for hydroxylation is 2. The highest BCUT2D eigenvalue weighted by Crippen LogP contribution is 2.51. The van der Waals surface area contributed by atoms with E-state index < -0.39 is 16.9 Å². The van der Waals surface area contributed by atoms with Gasteiger partial charge in [-0.2, -0.15) is 0 Å². The minimum atomic E-state index is -1.30. The van der Waals surface area contributed by atoms with Gasteiger partial charge in [0, 0.05) is 36.3 Å². The first-order chi connectivity index (χ1) is 12.6. The molecule has 1 aromatic heterocycles. The molecule has 2 rings (SSSR count). The number of nitrogens with zero attached hydrogens (tertiary/aromatic N) is 2. The van der Waals surface area contributed by atoms with E-state index in [1.807, 2.05) is 40.9 Å². The zero-order valence-electron chi connectivity index (χ0n) is 16.9. The maximum absolute atomic E-state index is 12.6. The number of amides is 1. The van der Waals surface area contributed by atoms with Gasteiger partial charge in [-0.3, -0.25) is 4.79 Å². The van der Waals surface area contributed by atoms with Crippen LogP contribution in [0.4, 0.5) is 0 Å². The summed E-state index contributed by atoms with van der Waals surface area (Å²) in [6.07, 6.45) is 2.68. The molecule has 1 aliphatic rings. The van der Waals surface area contributed by atoms with Crippen molar-refractivity contribution in [1.82, 2.24) is 15.3 Å². The van der Waals surface area contributed by atoms with E-state index >= 15 is 0 Å². The van der Waals surface area contributed by atoms with Crippen molar-refractivity contribution >= 4 is 23.6 Å². The van der Waals surface area contributed by atoms with Crippen LogP contribution in [0.15, 0.2) is 5.16 Å². The van der Waals surface area contributed by atoms with Crippen LogP contribution in [0.1, 0.15) is 50.6 Å². The molecule has 2 unspecified atom stereocenters. The third-order valence-corrected chi connectivity index (χ3v) is 6.21. The highest BCUT2D eigenvalue weighted by atomic mass is 32.2. The average Bonchev–Trinajstić information content (AvgIpc) is 2.59. The van der Waals surface area contributed by atoms with Crippen molar-refractivity contribution in [2.45, 2.75) is 70.7 Å². The number of aromatic nitrogens is 2. The number of thioether (sulfide) groups is 1. The van der Waals surface area contributed by atoms with E-state index in [9.17, 15) is 14.7 Å². The molecular formula is C19H29N3O4S. The van der Waals surface area contributed by atoms with Crippen LogP contribution in [0.2, 0.25) is 0 Å². The molecule has 0 spiro atoms. The summed E-state index contributed by atoms with van der Waals surface area (Å²) < 4.78 is 5.63. The Labute approximate surface area is 164 Å². The molecule has 27 heavy (non-hydrogen) atoms. The molecule has 2 N–H and O–H groups in total. The summed E-state index contributed by atoms with van der Waals surface area (Å²) in [5, 5.41) is 13.3. The molecule has 0 bridgehead atoms. The third-order valence-electron chi connectivity index (χ3n) is 5.67. The summed E-state index contributed by atoms with van der Waals surface area (Å²) in [7, 11) is 0.